The van der Waals surface area contributed by atoms with Crippen LogP contribution >= 0.6 is 11.3 Å². The van der Waals surface area contributed by atoms with Crippen molar-refractivity contribution in [1.82, 2.24) is 5.32 Å². The Labute approximate surface area is 118 Å². The summed E-state index contributed by atoms with van der Waals surface area (Å²) in [5.74, 6) is -0.184. The van der Waals surface area contributed by atoms with Crippen LogP contribution in [-0.4, -0.2) is 6.54 Å². The van der Waals surface area contributed by atoms with Gasteiger partial charge >= 0.3 is 0 Å². The van der Waals surface area contributed by atoms with Gasteiger partial charge in [-0.3, -0.25) is 0 Å². The molecule has 0 amide bonds. The average Bonchev–Trinajstić information content (AvgIpc) is 2.90. The first-order chi connectivity index (χ1) is 9.24. The van der Waals surface area contributed by atoms with Gasteiger partial charge in [-0.05, 0) is 49.2 Å². The van der Waals surface area contributed by atoms with E-state index < -0.39 is 0 Å². The molecule has 1 aromatic heterocycles. The van der Waals surface area contributed by atoms with Crippen molar-refractivity contribution in [2.24, 2.45) is 0 Å². The van der Waals surface area contributed by atoms with E-state index in [0.717, 1.165) is 24.9 Å². The summed E-state index contributed by atoms with van der Waals surface area (Å²) < 4.78 is 12.9. The molecular formula is C16H20FNS. The SMILES string of the molecule is CCCNC(CC)c1ccc(-c2ccc(F)cc2)s1. The highest BCUT2D eigenvalue weighted by Crippen LogP contribution is 2.32. The van der Waals surface area contributed by atoms with Crippen molar-refractivity contribution in [3.8, 4) is 10.4 Å². The summed E-state index contributed by atoms with van der Waals surface area (Å²) in [7, 11) is 0. The zero-order chi connectivity index (χ0) is 13.7. The van der Waals surface area contributed by atoms with Crippen molar-refractivity contribution in [2.45, 2.75) is 32.7 Å². The van der Waals surface area contributed by atoms with E-state index in [1.807, 2.05) is 12.1 Å². The highest BCUT2D eigenvalue weighted by atomic mass is 32.1. The van der Waals surface area contributed by atoms with Gasteiger partial charge in [-0.25, -0.2) is 4.39 Å². The summed E-state index contributed by atoms with van der Waals surface area (Å²) in [5, 5.41) is 3.56. The molecular weight excluding hydrogens is 257 g/mol. The zero-order valence-electron chi connectivity index (χ0n) is 11.4. The highest BCUT2D eigenvalue weighted by Gasteiger charge is 2.11. The first-order valence-electron chi connectivity index (χ1n) is 6.83. The van der Waals surface area contributed by atoms with Crippen LogP contribution in [0.3, 0.4) is 0 Å². The number of rotatable bonds is 6. The van der Waals surface area contributed by atoms with E-state index in [4.69, 9.17) is 0 Å². The maximum atomic E-state index is 12.9. The molecule has 1 nitrogen and oxygen atoms in total. The molecule has 0 radical (unpaired) electrons. The Bertz CT molecular complexity index is 504. The van der Waals surface area contributed by atoms with E-state index in [1.54, 1.807) is 11.3 Å². The number of nitrogens with one attached hydrogen (secondary N) is 1. The monoisotopic (exact) mass is 277 g/mol. The number of thiophene rings is 1. The fourth-order valence-corrected chi connectivity index (χ4v) is 3.25. The number of hydrogen-bond acceptors (Lipinski definition) is 2. The van der Waals surface area contributed by atoms with Crippen LogP contribution in [0.5, 0.6) is 0 Å². The Hall–Kier alpha value is -1.19. The van der Waals surface area contributed by atoms with Crippen LogP contribution in [0.25, 0.3) is 10.4 Å². The lowest BCUT2D eigenvalue weighted by Crippen LogP contribution is -2.20. The molecule has 0 saturated heterocycles. The lowest BCUT2D eigenvalue weighted by molar-refractivity contribution is 0.525. The van der Waals surface area contributed by atoms with Crippen molar-refractivity contribution < 1.29 is 4.39 Å². The van der Waals surface area contributed by atoms with Gasteiger partial charge in [0.1, 0.15) is 5.82 Å². The number of benzene rings is 1. The first-order valence-corrected chi connectivity index (χ1v) is 7.65. The minimum atomic E-state index is -0.184. The molecule has 102 valence electrons. The quantitative estimate of drug-likeness (QED) is 0.783. The van der Waals surface area contributed by atoms with Crippen molar-refractivity contribution in [3.63, 3.8) is 0 Å². The smallest absolute Gasteiger partial charge is 0.123 e. The topological polar surface area (TPSA) is 12.0 Å². The van der Waals surface area contributed by atoms with E-state index in [0.29, 0.717) is 6.04 Å². The molecule has 0 spiro atoms. The van der Waals surface area contributed by atoms with E-state index >= 15 is 0 Å². The van der Waals surface area contributed by atoms with Gasteiger partial charge in [0.15, 0.2) is 0 Å². The molecule has 1 unspecified atom stereocenters. The normalized spacial score (nSPS) is 12.6. The summed E-state index contributed by atoms with van der Waals surface area (Å²) in [6, 6.07) is 11.4. The van der Waals surface area contributed by atoms with Crippen LogP contribution in [0.2, 0.25) is 0 Å². The molecule has 0 aliphatic rings. The molecule has 0 aliphatic carbocycles. The Kier molecular flexibility index (Phi) is 5.11. The van der Waals surface area contributed by atoms with Crippen molar-refractivity contribution in [3.05, 3.63) is 47.1 Å². The van der Waals surface area contributed by atoms with Crippen LogP contribution in [0.15, 0.2) is 36.4 Å². The molecule has 2 aromatic rings. The fraction of sp³-hybridized carbons (Fsp3) is 0.375. The van der Waals surface area contributed by atoms with Gasteiger partial charge in [0.2, 0.25) is 0 Å². The molecule has 3 heteroatoms. The summed E-state index contributed by atoms with van der Waals surface area (Å²) in [4.78, 5) is 2.56. The van der Waals surface area contributed by atoms with Gasteiger partial charge in [-0.15, -0.1) is 11.3 Å². The van der Waals surface area contributed by atoms with Gasteiger partial charge in [0.25, 0.3) is 0 Å². The van der Waals surface area contributed by atoms with Crippen molar-refractivity contribution in [1.29, 1.82) is 0 Å². The average molecular weight is 277 g/mol. The maximum Gasteiger partial charge on any atom is 0.123 e. The third-order valence-corrected chi connectivity index (χ3v) is 4.40. The molecule has 2 rings (SSSR count). The molecule has 1 aromatic carbocycles. The fourth-order valence-electron chi connectivity index (χ4n) is 2.07. The van der Waals surface area contributed by atoms with Gasteiger partial charge in [-0.1, -0.05) is 26.0 Å². The second-order valence-corrected chi connectivity index (χ2v) is 5.74. The number of hydrogen-bond donors (Lipinski definition) is 1. The molecule has 1 N–H and O–H groups in total. The van der Waals surface area contributed by atoms with E-state index in [1.165, 1.54) is 21.9 Å². The standard InChI is InChI=1S/C16H20FNS/c1-3-11-18-14(4-2)16-10-9-15(19-16)12-5-7-13(17)8-6-12/h5-10,14,18H,3-4,11H2,1-2H3. The summed E-state index contributed by atoms with van der Waals surface area (Å²) in [6.07, 6.45) is 2.23. The predicted molar refractivity (Wildman–Crippen MR) is 81.0 cm³/mol. The van der Waals surface area contributed by atoms with E-state index in [-0.39, 0.29) is 5.82 Å². The molecule has 0 saturated carbocycles. The van der Waals surface area contributed by atoms with Gasteiger partial charge in [-0.2, -0.15) is 0 Å². The third-order valence-electron chi connectivity index (χ3n) is 3.15. The third kappa shape index (κ3) is 3.64. The van der Waals surface area contributed by atoms with Crippen LogP contribution in [0.4, 0.5) is 4.39 Å². The molecule has 0 fully saturated rings. The highest BCUT2D eigenvalue weighted by molar-refractivity contribution is 7.15. The predicted octanol–water partition coefficient (Wildman–Crippen LogP) is 5.00. The largest absolute Gasteiger partial charge is 0.309 e. The van der Waals surface area contributed by atoms with Crippen LogP contribution in [0, 0.1) is 5.82 Å². The molecule has 0 bridgehead atoms. The Morgan fingerprint density at radius 2 is 1.84 bits per heavy atom. The molecule has 0 aliphatic heterocycles. The van der Waals surface area contributed by atoms with E-state index in [9.17, 15) is 4.39 Å². The van der Waals surface area contributed by atoms with E-state index in [2.05, 4.69) is 31.3 Å². The Morgan fingerprint density at radius 1 is 1.11 bits per heavy atom. The molecule has 1 atom stereocenters. The summed E-state index contributed by atoms with van der Waals surface area (Å²) >= 11 is 1.79. The van der Waals surface area contributed by atoms with Gasteiger partial charge in [0, 0.05) is 15.8 Å². The second kappa shape index (κ2) is 6.83. The van der Waals surface area contributed by atoms with Crippen molar-refractivity contribution in [2.75, 3.05) is 6.54 Å². The zero-order valence-corrected chi connectivity index (χ0v) is 12.3. The molecule has 1 heterocycles. The second-order valence-electron chi connectivity index (χ2n) is 4.62. The summed E-state index contributed by atoms with van der Waals surface area (Å²) in [6.45, 7) is 5.42. The minimum Gasteiger partial charge on any atom is -0.309 e. The summed E-state index contributed by atoms with van der Waals surface area (Å²) in [5.41, 5.74) is 1.09. The Balaban J connectivity index is 2.15. The minimum absolute atomic E-state index is 0.184. The number of halogens is 1. The maximum absolute atomic E-state index is 12.9. The van der Waals surface area contributed by atoms with Gasteiger partial charge in [0.05, 0.1) is 0 Å². The Morgan fingerprint density at radius 3 is 2.47 bits per heavy atom. The van der Waals surface area contributed by atoms with Crippen LogP contribution in [-0.2, 0) is 0 Å². The lowest BCUT2D eigenvalue weighted by Gasteiger charge is -2.14. The first kappa shape index (κ1) is 14.2. The van der Waals surface area contributed by atoms with Crippen LogP contribution < -0.4 is 5.32 Å². The van der Waals surface area contributed by atoms with Gasteiger partial charge < -0.3 is 5.32 Å². The van der Waals surface area contributed by atoms with Crippen molar-refractivity contribution >= 4 is 11.3 Å². The molecule has 19 heavy (non-hydrogen) atoms. The van der Waals surface area contributed by atoms with Crippen LogP contribution in [0.1, 0.15) is 37.6 Å². The lowest BCUT2D eigenvalue weighted by atomic mass is 10.1.